The average molecular weight is 288 g/mol. The number of methoxy groups -OCH3 is 1. The molecule has 1 heterocycles. The lowest BCUT2D eigenvalue weighted by Crippen LogP contribution is -2.48. The van der Waals surface area contributed by atoms with E-state index < -0.39 is 0 Å². The summed E-state index contributed by atoms with van der Waals surface area (Å²) in [4.78, 5) is 14.0. The van der Waals surface area contributed by atoms with Gasteiger partial charge in [0.1, 0.15) is 11.8 Å². The molecule has 0 aromatic heterocycles. The van der Waals surface area contributed by atoms with Crippen LogP contribution in [0.5, 0.6) is 5.75 Å². The second kappa shape index (κ2) is 7.09. The van der Waals surface area contributed by atoms with Gasteiger partial charge in [-0.25, -0.2) is 0 Å². The molecule has 1 aromatic rings. The summed E-state index contributed by atoms with van der Waals surface area (Å²) in [5, 5.41) is 8.99. The molecule has 1 amide bonds. The maximum absolute atomic E-state index is 12.2. The molecule has 21 heavy (non-hydrogen) atoms. The molecular formula is C16H20N2O3. The Kier molecular flexibility index (Phi) is 5.18. The first kappa shape index (κ1) is 15.3. The Hall–Kier alpha value is -2.06. The normalized spacial score (nSPS) is 21.7. The lowest BCUT2D eigenvalue weighted by molar-refractivity contribution is -0.138. The van der Waals surface area contributed by atoms with Crippen molar-refractivity contribution in [3.8, 4) is 11.8 Å². The first-order valence-corrected chi connectivity index (χ1v) is 7.08. The van der Waals surface area contributed by atoms with Crippen LogP contribution in [-0.4, -0.2) is 43.7 Å². The van der Waals surface area contributed by atoms with Crippen LogP contribution in [0.25, 0.3) is 0 Å². The van der Waals surface area contributed by atoms with E-state index in [0.29, 0.717) is 23.8 Å². The van der Waals surface area contributed by atoms with E-state index >= 15 is 0 Å². The Labute approximate surface area is 125 Å². The first-order chi connectivity index (χ1) is 10.2. The number of piperidine rings is 1. The zero-order valence-electron chi connectivity index (χ0n) is 12.4. The van der Waals surface area contributed by atoms with E-state index in [9.17, 15) is 4.79 Å². The van der Waals surface area contributed by atoms with E-state index in [1.54, 1.807) is 36.3 Å². The highest BCUT2D eigenvalue weighted by Gasteiger charge is 2.28. The predicted octanol–water partition coefficient (Wildman–Crippen LogP) is 1.82. The number of carbonyl (C=O) groups is 1. The van der Waals surface area contributed by atoms with Gasteiger partial charge in [-0.15, -0.1) is 0 Å². The van der Waals surface area contributed by atoms with Crippen molar-refractivity contribution in [2.24, 2.45) is 5.92 Å². The molecule has 2 atom stereocenters. The minimum absolute atomic E-state index is 0.0521. The number of ether oxygens (including phenoxy) is 2. The molecule has 112 valence electrons. The second-order valence-electron chi connectivity index (χ2n) is 5.28. The Morgan fingerprint density at radius 1 is 1.48 bits per heavy atom. The SMILES string of the molecule is COC1CN(C(=O)COc2ccccc2C#N)CCC1C. The summed E-state index contributed by atoms with van der Waals surface area (Å²) in [6, 6.07) is 8.97. The summed E-state index contributed by atoms with van der Waals surface area (Å²) in [5.41, 5.74) is 0.437. The van der Waals surface area contributed by atoms with Crippen molar-refractivity contribution in [1.29, 1.82) is 5.26 Å². The quantitative estimate of drug-likeness (QED) is 0.848. The Bertz CT molecular complexity index is 539. The number of para-hydroxylation sites is 1. The van der Waals surface area contributed by atoms with Gasteiger partial charge in [0.15, 0.2) is 6.61 Å². The van der Waals surface area contributed by atoms with Gasteiger partial charge in [0.25, 0.3) is 5.91 Å². The van der Waals surface area contributed by atoms with Crippen molar-refractivity contribution >= 4 is 5.91 Å². The molecule has 1 aliphatic heterocycles. The van der Waals surface area contributed by atoms with Gasteiger partial charge in [-0.3, -0.25) is 4.79 Å². The number of nitrogens with zero attached hydrogens (tertiary/aromatic N) is 2. The van der Waals surface area contributed by atoms with Gasteiger partial charge in [0.2, 0.25) is 0 Å². The fourth-order valence-electron chi connectivity index (χ4n) is 2.48. The summed E-state index contributed by atoms with van der Waals surface area (Å²) in [7, 11) is 1.68. The van der Waals surface area contributed by atoms with E-state index in [-0.39, 0.29) is 18.6 Å². The summed E-state index contributed by atoms with van der Waals surface area (Å²) in [6.45, 7) is 3.40. The van der Waals surface area contributed by atoms with Crippen LogP contribution < -0.4 is 4.74 Å². The number of rotatable bonds is 4. The lowest BCUT2D eigenvalue weighted by atomic mass is 9.96. The molecule has 1 aromatic carbocycles. The third-order valence-corrected chi connectivity index (χ3v) is 3.90. The Morgan fingerprint density at radius 3 is 2.95 bits per heavy atom. The summed E-state index contributed by atoms with van der Waals surface area (Å²) >= 11 is 0. The van der Waals surface area contributed by atoms with Gasteiger partial charge in [-0.05, 0) is 24.5 Å². The number of benzene rings is 1. The fraction of sp³-hybridized carbons (Fsp3) is 0.500. The van der Waals surface area contributed by atoms with Crippen LogP contribution in [0, 0.1) is 17.2 Å². The molecule has 0 radical (unpaired) electrons. The van der Waals surface area contributed by atoms with Crippen molar-refractivity contribution in [2.75, 3.05) is 26.8 Å². The maximum Gasteiger partial charge on any atom is 0.260 e. The molecule has 1 aliphatic rings. The Morgan fingerprint density at radius 2 is 2.24 bits per heavy atom. The molecule has 0 aliphatic carbocycles. The monoisotopic (exact) mass is 288 g/mol. The number of likely N-dealkylation sites (tertiary alicyclic amines) is 1. The van der Waals surface area contributed by atoms with Crippen LogP contribution in [0.4, 0.5) is 0 Å². The zero-order chi connectivity index (χ0) is 15.2. The van der Waals surface area contributed by atoms with Crippen LogP contribution in [0.2, 0.25) is 0 Å². The zero-order valence-corrected chi connectivity index (χ0v) is 12.4. The number of nitriles is 1. The topological polar surface area (TPSA) is 62.6 Å². The van der Waals surface area contributed by atoms with Crippen LogP contribution in [0.15, 0.2) is 24.3 Å². The largest absolute Gasteiger partial charge is 0.482 e. The van der Waals surface area contributed by atoms with E-state index in [0.717, 1.165) is 13.0 Å². The molecule has 1 fully saturated rings. The average Bonchev–Trinajstić information content (AvgIpc) is 2.53. The van der Waals surface area contributed by atoms with Crippen LogP contribution in [0.3, 0.4) is 0 Å². The summed E-state index contributed by atoms with van der Waals surface area (Å²) in [5.74, 6) is 0.831. The molecule has 0 bridgehead atoms. The van der Waals surface area contributed by atoms with Gasteiger partial charge in [-0.2, -0.15) is 5.26 Å². The highest BCUT2D eigenvalue weighted by atomic mass is 16.5. The molecule has 5 heteroatoms. The number of hydrogen-bond donors (Lipinski definition) is 0. The minimum atomic E-state index is -0.0725. The lowest BCUT2D eigenvalue weighted by Gasteiger charge is -2.36. The second-order valence-corrected chi connectivity index (χ2v) is 5.28. The van der Waals surface area contributed by atoms with Gasteiger partial charge < -0.3 is 14.4 Å². The van der Waals surface area contributed by atoms with E-state index in [1.165, 1.54) is 0 Å². The number of carbonyl (C=O) groups excluding carboxylic acids is 1. The molecular weight excluding hydrogens is 268 g/mol. The third kappa shape index (κ3) is 3.73. The van der Waals surface area contributed by atoms with E-state index in [1.807, 2.05) is 0 Å². The third-order valence-electron chi connectivity index (χ3n) is 3.90. The maximum atomic E-state index is 12.2. The number of amides is 1. The molecule has 0 saturated carbocycles. The van der Waals surface area contributed by atoms with Crippen molar-refractivity contribution in [2.45, 2.75) is 19.4 Å². The summed E-state index contributed by atoms with van der Waals surface area (Å²) < 4.78 is 10.9. The van der Waals surface area contributed by atoms with E-state index in [2.05, 4.69) is 13.0 Å². The fourth-order valence-corrected chi connectivity index (χ4v) is 2.48. The van der Waals surface area contributed by atoms with Crippen LogP contribution in [-0.2, 0) is 9.53 Å². The molecule has 5 nitrogen and oxygen atoms in total. The van der Waals surface area contributed by atoms with Crippen molar-refractivity contribution < 1.29 is 14.3 Å². The standard InChI is InChI=1S/C16H20N2O3/c1-12-7-8-18(10-15(12)20-2)16(19)11-21-14-6-4-3-5-13(14)9-17/h3-6,12,15H,7-8,10-11H2,1-2H3. The van der Waals surface area contributed by atoms with Gasteiger partial charge in [0, 0.05) is 20.2 Å². The highest BCUT2D eigenvalue weighted by Crippen LogP contribution is 2.20. The van der Waals surface area contributed by atoms with E-state index in [4.69, 9.17) is 14.7 Å². The minimum Gasteiger partial charge on any atom is -0.482 e. The summed E-state index contributed by atoms with van der Waals surface area (Å²) in [6.07, 6.45) is 1.01. The Balaban J connectivity index is 1.92. The van der Waals surface area contributed by atoms with Crippen molar-refractivity contribution in [3.63, 3.8) is 0 Å². The molecule has 0 N–H and O–H groups in total. The van der Waals surface area contributed by atoms with Gasteiger partial charge in [-0.1, -0.05) is 19.1 Å². The number of hydrogen-bond acceptors (Lipinski definition) is 4. The first-order valence-electron chi connectivity index (χ1n) is 7.08. The van der Waals surface area contributed by atoms with Gasteiger partial charge in [0.05, 0.1) is 11.7 Å². The van der Waals surface area contributed by atoms with Crippen molar-refractivity contribution in [3.05, 3.63) is 29.8 Å². The van der Waals surface area contributed by atoms with Crippen LogP contribution >= 0.6 is 0 Å². The van der Waals surface area contributed by atoms with Crippen LogP contribution in [0.1, 0.15) is 18.9 Å². The molecule has 1 saturated heterocycles. The smallest absolute Gasteiger partial charge is 0.260 e. The predicted molar refractivity (Wildman–Crippen MR) is 77.8 cm³/mol. The molecule has 2 unspecified atom stereocenters. The molecule has 2 rings (SSSR count). The van der Waals surface area contributed by atoms with Gasteiger partial charge >= 0.3 is 0 Å². The molecule has 0 spiro atoms. The van der Waals surface area contributed by atoms with Crippen molar-refractivity contribution in [1.82, 2.24) is 4.90 Å². The highest BCUT2D eigenvalue weighted by molar-refractivity contribution is 5.78.